The van der Waals surface area contributed by atoms with E-state index in [1.807, 2.05) is 6.92 Å². The number of hydrogen-bond acceptors (Lipinski definition) is 7. The molecule has 12 heteroatoms. The summed E-state index contributed by atoms with van der Waals surface area (Å²) in [5.41, 5.74) is 1.84. The highest BCUT2D eigenvalue weighted by atomic mass is 35.5. The molecule has 3 amide bonds. The number of rotatable bonds is 7. The van der Waals surface area contributed by atoms with Crippen molar-refractivity contribution in [1.82, 2.24) is 0 Å². The lowest BCUT2D eigenvalue weighted by atomic mass is 10.1. The minimum atomic E-state index is -3.86. The van der Waals surface area contributed by atoms with Crippen LogP contribution in [0.25, 0.3) is 0 Å². The van der Waals surface area contributed by atoms with Crippen LogP contribution < -0.4 is 25.4 Å². The molecule has 4 rings (SSSR count). The molecule has 0 bridgehead atoms. The van der Waals surface area contributed by atoms with E-state index >= 15 is 0 Å². The lowest BCUT2D eigenvalue weighted by molar-refractivity contribution is -0.120. The number of anilines is 3. The number of halogens is 1. The number of amides is 3. The molecule has 1 aliphatic rings. The van der Waals surface area contributed by atoms with E-state index in [1.54, 1.807) is 36.4 Å². The smallest absolute Gasteiger partial charge is 0.283 e. The van der Waals surface area contributed by atoms with Crippen molar-refractivity contribution in [3.63, 3.8) is 0 Å². The molecule has 0 fully saturated rings. The van der Waals surface area contributed by atoms with Gasteiger partial charge >= 0.3 is 0 Å². The first kappa shape index (κ1) is 25.9. The van der Waals surface area contributed by atoms with Crippen LogP contribution in [-0.4, -0.2) is 33.2 Å². The third kappa shape index (κ3) is 5.33. The van der Waals surface area contributed by atoms with Gasteiger partial charge in [0.05, 0.1) is 17.7 Å². The molecule has 190 valence electrons. The summed E-state index contributed by atoms with van der Waals surface area (Å²) in [6, 6.07) is 16.6. The number of benzene rings is 3. The van der Waals surface area contributed by atoms with Gasteiger partial charge in [0.1, 0.15) is 16.5 Å². The number of carbonyl (C=O) groups is 3. The molecule has 1 heterocycles. The Morgan fingerprint density at radius 2 is 1.68 bits per heavy atom. The molecule has 0 aromatic heterocycles. The van der Waals surface area contributed by atoms with Crippen LogP contribution in [0.2, 0.25) is 0 Å². The van der Waals surface area contributed by atoms with Crippen molar-refractivity contribution in [2.24, 2.45) is 5.14 Å². The van der Waals surface area contributed by atoms with Crippen molar-refractivity contribution in [3.05, 3.63) is 88.6 Å². The van der Waals surface area contributed by atoms with Gasteiger partial charge in [-0.1, -0.05) is 23.7 Å². The normalized spacial score (nSPS) is 13.7. The average Bonchev–Trinajstić information content (AvgIpc) is 3.07. The molecule has 0 radical (unpaired) electrons. The summed E-state index contributed by atoms with van der Waals surface area (Å²) in [7, 11) is -2.43. The maximum absolute atomic E-state index is 13.2. The highest BCUT2D eigenvalue weighted by Gasteiger charge is 2.40. The van der Waals surface area contributed by atoms with Crippen molar-refractivity contribution in [1.29, 1.82) is 0 Å². The zero-order valence-electron chi connectivity index (χ0n) is 19.6. The molecular weight excluding hydrogens is 520 g/mol. The Bertz CT molecular complexity index is 1570. The maximum atomic E-state index is 13.2. The molecular formula is C25H21ClN4O6S. The van der Waals surface area contributed by atoms with E-state index in [4.69, 9.17) is 21.5 Å². The van der Waals surface area contributed by atoms with Crippen LogP contribution in [0.3, 0.4) is 0 Å². The number of nitrogens with one attached hydrogen (secondary N) is 2. The summed E-state index contributed by atoms with van der Waals surface area (Å²) in [6.07, 6.45) is 0. The Balaban J connectivity index is 1.54. The lowest BCUT2D eigenvalue weighted by Gasteiger charge is -2.18. The Morgan fingerprint density at radius 1 is 0.973 bits per heavy atom. The standard InChI is InChI=1S/C25H21ClN4O6S/c1-14-6-11-20(36-2)19(12-14)30-24(32)21(26)22(25(30)33)28-17-5-3-4-15(13-17)23(31)29-16-7-9-18(10-8-16)37(27,34)35/h3-13,28H,1-2H3,(H,29,31)(H2,27,34,35). The van der Waals surface area contributed by atoms with Gasteiger partial charge in [-0.3, -0.25) is 14.4 Å². The van der Waals surface area contributed by atoms with Gasteiger partial charge in [-0.25, -0.2) is 18.5 Å². The molecule has 3 aromatic rings. The maximum Gasteiger partial charge on any atom is 0.283 e. The van der Waals surface area contributed by atoms with E-state index in [0.717, 1.165) is 10.5 Å². The molecule has 37 heavy (non-hydrogen) atoms. The predicted molar refractivity (Wildman–Crippen MR) is 139 cm³/mol. The van der Waals surface area contributed by atoms with Crippen LogP contribution in [0.4, 0.5) is 17.1 Å². The SMILES string of the molecule is COc1ccc(C)cc1N1C(=O)C(Cl)=C(Nc2cccc(C(=O)Nc3ccc(S(N)(=O)=O)cc3)c2)C1=O. The third-order valence-electron chi connectivity index (χ3n) is 5.44. The first-order chi connectivity index (χ1) is 17.5. The summed E-state index contributed by atoms with van der Waals surface area (Å²) < 4.78 is 28.1. The fraction of sp³-hybridized carbons (Fsp3) is 0.0800. The summed E-state index contributed by atoms with van der Waals surface area (Å²) in [6.45, 7) is 1.81. The minimum absolute atomic E-state index is 0.0880. The van der Waals surface area contributed by atoms with Gasteiger partial charge in [0.25, 0.3) is 17.7 Å². The first-order valence-corrected chi connectivity index (χ1v) is 12.7. The van der Waals surface area contributed by atoms with Crippen molar-refractivity contribution < 1.29 is 27.5 Å². The van der Waals surface area contributed by atoms with Crippen molar-refractivity contribution >= 4 is 56.4 Å². The highest BCUT2D eigenvalue weighted by molar-refractivity contribution is 7.89. The van der Waals surface area contributed by atoms with Crippen LogP contribution >= 0.6 is 11.6 Å². The molecule has 0 atom stereocenters. The average molecular weight is 541 g/mol. The van der Waals surface area contributed by atoms with Crippen LogP contribution in [0.15, 0.2) is 82.4 Å². The number of aryl methyl sites for hydroxylation is 1. The van der Waals surface area contributed by atoms with Crippen LogP contribution in [0.1, 0.15) is 15.9 Å². The van der Waals surface area contributed by atoms with Gasteiger partial charge in [0.2, 0.25) is 10.0 Å². The van der Waals surface area contributed by atoms with Crippen LogP contribution in [0, 0.1) is 6.92 Å². The number of sulfonamides is 1. The van der Waals surface area contributed by atoms with E-state index < -0.39 is 27.7 Å². The van der Waals surface area contributed by atoms with Crippen LogP contribution in [-0.2, 0) is 19.6 Å². The van der Waals surface area contributed by atoms with Gasteiger partial charge in [-0.2, -0.15) is 0 Å². The zero-order valence-corrected chi connectivity index (χ0v) is 21.2. The number of imide groups is 1. The molecule has 0 spiro atoms. The lowest BCUT2D eigenvalue weighted by Crippen LogP contribution is -2.32. The molecule has 0 saturated heterocycles. The Kier molecular flexibility index (Phi) is 7.03. The summed E-state index contributed by atoms with van der Waals surface area (Å²) in [5.74, 6) is -1.56. The van der Waals surface area contributed by atoms with Gasteiger partial charge in [-0.15, -0.1) is 0 Å². The summed E-state index contributed by atoms with van der Waals surface area (Å²) >= 11 is 6.24. The van der Waals surface area contributed by atoms with Gasteiger partial charge in [-0.05, 0) is 67.1 Å². The fourth-order valence-corrected chi connectivity index (χ4v) is 4.35. The number of ether oxygens (including phenoxy) is 1. The van der Waals surface area contributed by atoms with Crippen molar-refractivity contribution in [2.75, 3.05) is 22.6 Å². The second kappa shape index (κ2) is 10.1. The van der Waals surface area contributed by atoms with Gasteiger partial charge in [0, 0.05) is 16.9 Å². The van der Waals surface area contributed by atoms with Crippen molar-refractivity contribution in [3.8, 4) is 5.75 Å². The van der Waals surface area contributed by atoms with E-state index in [9.17, 15) is 22.8 Å². The van der Waals surface area contributed by atoms with Gasteiger partial charge in [0.15, 0.2) is 0 Å². The van der Waals surface area contributed by atoms with Crippen molar-refractivity contribution in [2.45, 2.75) is 11.8 Å². The monoisotopic (exact) mass is 540 g/mol. The second-order valence-corrected chi connectivity index (χ2v) is 9.98. The number of nitrogens with two attached hydrogens (primary N) is 1. The molecule has 0 aliphatic carbocycles. The predicted octanol–water partition coefficient (Wildman–Crippen LogP) is 3.34. The Hall–Kier alpha value is -4.19. The van der Waals surface area contributed by atoms with E-state index in [2.05, 4.69) is 10.6 Å². The molecule has 4 N–H and O–H groups in total. The quantitative estimate of drug-likeness (QED) is 0.389. The third-order valence-corrected chi connectivity index (χ3v) is 6.72. The molecule has 0 saturated carbocycles. The summed E-state index contributed by atoms with van der Waals surface area (Å²) in [5, 5.41) is 10.3. The number of methoxy groups -OCH3 is 1. The fourth-order valence-electron chi connectivity index (χ4n) is 3.62. The van der Waals surface area contributed by atoms with E-state index in [0.29, 0.717) is 17.1 Å². The zero-order chi connectivity index (χ0) is 26.9. The topological polar surface area (TPSA) is 148 Å². The second-order valence-electron chi connectivity index (χ2n) is 8.04. The Labute approximate surface area is 217 Å². The number of primary sulfonamides is 1. The number of nitrogens with zero attached hydrogens (tertiary/aromatic N) is 1. The Morgan fingerprint density at radius 3 is 2.32 bits per heavy atom. The van der Waals surface area contributed by atoms with Crippen LogP contribution in [0.5, 0.6) is 5.75 Å². The highest BCUT2D eigenvalue weighted by Crippen LogP contribution is 2.36. The van der Waals surface area contributed by atoms with Gasteiger partial charge < -0.3 is 15.4 Å². The molecule has 0 unspecified atom stereocenters. The van der Waals surface area contributed by atoms with E-state index in [1.165, 1.54) is 37.4 Å². The van der Waals surface area contributed by atoms with E-state index in [-0.39, 0.29) is 26.9 Å². The molecule has 3 aromatic carbocycles. The first-order valence-electron chi connectivity index (χ1n) is 10.7. The largest absolute Gasteiger partial charge is 0.495 e. The number of carbonyl (C=O) groups excluding carboxylic acids is 3. The minimum Gasteiger partial charge on any atom is -0.495 e. The number of hydrogen-bond donors (Lipinski definition) is 3. The summed E-state index contributed by atoms with van der Waals surface area (Å²) in [4.78, 5) is 39.6. The molecule has 10 nitrogen and oxygen atoms in total. The molecule has 1 aliphatic heterocycles.